The molecule has 8 heteroatoms. The zero-order chi connectivity index (χ0) is 21.2. The fourth-order valence-electron chi connectivity index (χ4n) is 3.63. The number of hydrogen-bond acceptors (Lipinski definition) is 7. The van der Waals surface area contributed by atoms with Crippen LogP contribution in [0.25, 0.3) is 23.0 Å². The Morgan fingerprint density at radius 3 is 2.77 bits per heavy atom. The van der Waals surface area contributed by atoms with Crippen LogP contribution in [-0.4, -0.2) is 33.6 Å². The smallest absolute Gasteiger partial charge is 0.278 e. The fourth-order valence-corrected chi connectivity index (χ4v) is 3.63. The van der Waals surface area contributed by atoms with Gasteiger partial charge >= 0.3 is 0 Å². The van der Waals surface area contributed by atoms with E-state index in [0.29, 0.717) is 48.7 Å². The Balaban J connectivity index is 1.39. The predicted molar refractivity (Wildman–Crippen MR) is 113 cm³/mol. The molecule has 2 aromatic heterocycles. The SMILES string of the molecule is CCOc1cc(-c2noc(-c3cc4n(n3)CC(c3ccccc3)OC4)n2)ccc1OC. The molecule has 0 saturated heterocycles. The Hall–Kier alpha value is -3.65. The van der Waals surface area contributed by atoms with Crippen molar-refractivity contribution in [1.82, 2.24) is 19.9 Å². The second-order valence-electron chi connectivity index (χ2n) is 7.14. The first-order valence-corrected chi connectivity index (χ1v) is 10.1. The average Bonchev–Trinajstić information content (AvgIpc) is 3.46. The summed E-state index contributed by atoms with van der Waals surface area (Å²) in [5, 5.41) is 8.80. The molecule has 31 heavy (non-hydrogen) atoms. The van der Waals surface area contributed by atoms with Gasteiger partial charge < -0.3 is 18.7 Å². The van der Waals surface area contributed by atoms with Crippen LogP contribution in [0.1, 0.15) is 24.3 Å². The van der Waals surface area contributed by atoms with Gasteiger partial charge in [0.15, 0.2) is 17.2 Å². The predicted octanol–water partition coefficient (Wildman–Crippen LogP) is 4.28. The van der Waals surface area contributed by atoms with Crippen molar-refractivity contribution in [2.45, 2.75) is 26.2 Å². The van der Waals surface area contributed by atoms with Gasteiger partial charge in [0.2, 0.25) is 5.82 Å². The van der Waals surface area contributed by atoms with Gasteiger partial charge in [0.1, 0.15) is 6.10 Å². The van der Waals surface area contributed by atoms with Crippen LogP contribution in [0.15, 0.2) is 59.1 Å². The molecule has 2 aromatic carbocycles. The van der Waals surface area contributed by atoms with Crippen LogP contribution in [0.2, 0.25) is 0 Å². The van der Waals surface area contributed by atoms with Crippen molar-refractivity contribution in [2.75, 3.05) is 13.7 Å². The summed E-state index contributed by atoms with van der Waals surface area (Å²) in [5.41, 5.74) is 3.51. The molecule has 0 saturated carbocycles. The number of aromatic nitrogens is 4. The van der Waals surface area contributed by atoms with E-state index in [0.717, 1.165) is 16.8 Å². The van der Waals surface area contributed by atoms with E-state index in [4.69, 9.17) is 18.7 Å². The Morgan fingerprint density at radius 2 is 1.97 bits per heavy atom. The highest BCUT2D eigenvalue weighted by molar-refractivity contribution is 5.62. The minimum absolute atomic E-state index is 0.0315. The highest BCUT2D eigenvalue weighted by Gasteiger charge is 2.24. The first-order valence-electron chi connectivity index (χ1n) is 10.1. The van der Waals surface area contributed by atoms with Crippen molar-refractivity contribution < 1.29 is 18.7 Å². The summed E-state index contributed by atoms with van der Waals surface area (Å²) in [6.07, 6.45) is -0.0315. The molecule has 0 fully saturated rings. The molecule has 0 aliphatic carbocycles. The lowest BCUT2D eigenvalue weighted by Crippen LogP contribution is -2.21. The monoisotopic (exact) mass is 418 g/mol. The van der Waals surface area contributed by atoms with Gasteiger partial charge in [-0.15, -0.1) is 0 Å². The number of methoxy groups -OCH3 is 1. The van der Waals surface area contributed by atoms with Gasteiger partial charge in [-0.25, -0.2) is 0 Å². The second-order valence-corrected chi connectivity index (χ2v) is 7.14. The highest BCUT2D eigenvalue weighted by atomic mass is 16.5. The minimum Gasteiger partial charge on any atom is -0.493 e. The van der Waals surface area contributed by atoms with Gasteiger partial charge in [0, 0.05) is 5.56 Å². The van der Waals surface area contributed by atoms with Crippen molar-refractivity contribution in [3.63, 3.8) is 0 Å². The van der Waals surface area contributed by atoms with Crippen LogP contribution in [0.5, 0.6) is 11.5 Å². The summed E-state index contributed by atoms with van der Waals surface area (Å²) in [6.45, 7) is 3.56. The Labute approximate surface area is 179 Å². The van der Waals surface area contributed by atoms with E-state index in [1.807, 2.05) is 54.1 Å². The zero-order valence-electron chi connectivity index (χ0n) is 17.3. The molecule has 3 heterocycles. The Kier molecular flexibility index (Phi) is 5.13. The van der Waals surface area contributed by atoms with E-state index in [2.05, 4.69) is 27.4 Å². The van der Waals surface area contributed by atoms with Crippen molar-refractivity contribution in [2.24, 2.45) is 0 Å². The average molecular weight is 418 g/mol. The maximum absolute atomic E-state index is 6.02. The summed E-state index contributed by atoms with van der Waals surface area (Å²) >= 11 is 0. The number of rotatable bonds is 6. The van der Waals surface area contributed by atoms with E-state index < -0.39 is 0 Å². The van der Waals surface area contributed by atoms with E-state index >= 15 is 0 Å². The van der Waals surface area contributed by atoms with Gasteiger partial charge in [0.25, 0.3) is 5.89 Å². The lowest BCUT2D eigenvalue weighted by molar-refractivity contribution is -0.00113. The molecule has 1 atom stereocenters. The molecule has 0 amide bonds. The van der Waals surface area contributed by atoms with Crippen molar-refractivity contribution >= 4 is 0 Å². The normalized spacial score (nSPS) is 15.5. The van der Waals surface area contributed by atoms with Gasteiger partial charge in [-0.05, 0) is 36.8 Å². The van der Waals surface area contributed by atoms with Crippen molar-refractivity contribution in [3.05, 3.63) is 65.9 Å². The standard InChI is InChI=1S/C23H22N4O4/c1-3-29-20-11-16(9-10-19(20)28-2)22-24-23(31-26-22)18-12-17-14-30-21(13-27(17)25-18)15-7-5-4-6-8-15/h4-12,21H,3,13-14H2,1-2H3. The van der Waals surface area contributed by atoms with Crippen LogP contribution in [0.4, 0.5) is 0 Å². The van der Waals surface area contributed by atoms with Gasteiger partial charge in [-0.2, -0.15) is 10.1 Å². The number of nitrogens with zero attached hydrogens (tertiary/aromatic N) is 4. The van der Waals surface area contributed by atoms with Crippen molar-refractivity contribution in [3.8, 4) is 34.5 Å². The van der Waals surface area contributed by atoms with Gasteiger partial charge in [-0.1, -0.05) is 35.5 Å². The van der Waals surface area contributed by atoms with Gasteiger partial charge in [-0.3, -0.25) is 4.68 Å². The minimum atomic E-state index is -0.0315. The lowest BCUT2D eigenvalue weighted by atomic mass is 10.1. The first kappa shape index (κ1) is 19.3. The Bertz CT molecular complexity index is 1190. The number of ether oxygens (including phenoxy) is 3. The van der Waals surface area contributed by atoms with E-state index in [9.17, 15) is 0 Å². The third-order valence-electron chi connectivity index (χ3n) is 5.17. The molecule has 5 rings (SSSR count). The topological polar surface area (TPSA) is 84.4 Å². The maximum atomic E-state index is 6.02. The highest BCUT2D eigenvalue weighted by Crippen LogP contribution is 2.33. The maximum Gasteiger partial charge on any atom is 0.278 e. The van der Waals surface area contributed by atoms with Crippen LogP contribution in [0.3, 0.4) is 0 Å². The second kappa shape index (κ2) is 8.23. The molecule has 0 radical (unpaired) electrons. The lowest BCUT2D eigenvalue weighted by Gasteiger charge is -2.24. The number of benzene rings is 2. The largest absolute Gasteiger partial charge is 0.493 e. The number of fused-ring (bicyclic) bond motifs is 1. The summed E-state index contributed by atoms with van der Waals surface area (Å²) < 4.78 is 24.4. The van der Waals surface area contributed by atoms with Crippen molar-refractivity contribution in [1.29, 1.82) is 0 Å². The molecule has 0 bridgehead atoms. The Morgan fingerprint density at radius 1 is 1.10 bits per heavy atom. The molecular weight excluding hydrogens is 396 g/mol. The molecular formula is C23H22N4O4. The van der Waals surface area contributed by atoms with Crippen LogP contribution >= 0.6 is 0 Å². The zero-order valence-corrected chi connectivity index (χ0v) is 17.3. The summed E-state index contributed by atoms with van der Waals surface area (Å²) in [4.78, 5) is 4.54. The molecule has 0 spiro atoms. The fraction of sp³-hybridized carbons (Fsp3) is 0.261. The molecule has 8 nitrogen and oxygen atoms in total. The van der Waals surface area contributed by atoms with Crippen LogP contribution < -0.4 is 9.47 Å². The molecule has 4 aromatic rings. The summed E-state index contributed by atoms with van der Waals surface area (Å²) in [7, 11) is 1.61. The van der Waals surface area contributed by atoms with Crippen LogP contribution in [0, 0.1) is 0 Å². The third-order valence-corrected chi connectivity index (χ3v) is 5.17. The van der Waals surface area contributed by atoms with Gasteiger partial charge in [0.05, 0.1) is 32.6 Å². The quantitative estimate of drug-likeness (QED) is 0.462. The van der Waals surface area contributed by atoms with Crippen LogP contribution in [-0.2, 0) is 17.9 Å². The van der Waals surface area contributed by atoms with E-state index in [-0.39, 0.29) is 6.10 Å². The third kappa shape index (κ3) is 3.77. The first-order chi connectivity index (χ1) is 15.2. The van der Waals surface area contributed by atoms with E-state index in [1.165, 1.54) is 0 Å². The molecule has 1 aliphatic rings. The van der Waals surface area contributed by atoms with E-state index in [1.54, 1.807) is 7.11 Å². The summed E-state index contributed by atoms with van der Waals surface area (Å²) in [6, 6.07) is 17.6. The molecule has 1 unspecified atom stereocenters. The summed E-state index contributed by atoms with van der Waals surface area (Å²) in [5.74, 6) is 2.12. The number of hydrogen-bond donors (Lipinski definition) is 0. The molecule has 158 valence electrons. The molecule has 0 N–H and O–H groups in total. The molecule has 1 aliphatic heterocycles.